The van der Waals surface area contributed by atoms with Gasteiger partial charge in [-0.25, -0.2) is 0 Å². The highest BCUT2D eigenvalue weighted by Crippen LogP contribution is 2.02. The van der Waals surface area contributed by atoms with Crippen LogP contribution in [-0.4, -0.2) is 18.4 Å². The Morgan fingerprint density at radius 1 is 1.29 bits per heavy atom. The summed E-state index contributed by atoms with van der Waals surface area (Å²) in [5.41, 5.74) is 0. The first-order valence-electron chi connectivity index (χ1n) is 4.92. The average Bonchev–Trinajstić information content (AvgIpc) is 2.13. The Kier molecular flexibility index (Phi) is 7.80. The Morgan fingerprint density at radius 2 is 2.00 bits per heavy atom. The number of Topliss-reactive ketones (excluding diaryl/α,β-unsaturated/α-hetero) is 1. The second kappa shape index (κ2) is 8.48. The normalized spacial score (nSPS) is 9.50. The molecule has 3 heteroatoms. The standard InChI is InChI=1S/C11H18O3/c1-3-4-7-11(13)8-5-6-9-14-10(2)12/h3H,1,4-9H2,2H3. The van der Waals surface area contributed by atoms with E-state index in [1.54, 1.807) is 6.08 Å². The van der Waals surface area contributed by atoms with E-state index in [-0.39, 0.29) is 11.8 Å². The van der Waals surface area contributed by atoms with Gasteiger partial charge in [0.2, 0.25) is 0 Å². The molecule has 0 spiro atoms. The number of rotatable bonds is 8. The molecule has 0 aromatic carbocycles. The van der Waals surface area contributed by atoms with Crippen LogP contribution >= 0.6 is 0 Å². The molecule has 0 aliphatic rings. The summed E-state index contributed by atoms with van der Waals surface area (Å²) in [5, 5.41) is 0. The van der Waals surface area contributed by atoms with Gasteiger partial charge < -0.3 is 4.74 Å². The van der Waals surface area contributed by atoms with Gasteiger partial charge in [0.15, 0.2) is 0 Å². The molecule has 80 valence electrons. The lowest BCUT2D eigenvalue weighted by atomic mass is 10.1. The van der Waals surface area contributed by atoms with Crippen LogP contribution in [0, 0.1) is 0 Å². The number of esters is 1. The molecule has 0 aliphatic carbocycles. The number of carbonyl (C=O) groups is 2. The Balaban J connectivity index is 3.22. The van der Waals surface area contributed by atoms with E-state index >= 15 is 0 Å². The minimum Gasteiger partial charge on any atom is -0.466 e. The highest BCUT2D eigenvalue weighted by Gasteiger charge is 2.00. The summed E-state index contributed by atoms with van der Waals surface area (Å²) in [4.78, 5) is 21.5. The van der Waals surface area contributed by atoms with Gasteiger partial charge in [0, 0.05) is 19.8 Å². The van der Waals surface area contributed by atoms with Gasteiger partial charge in [0.05, 0.1) is 6.61 Å². The molecule has 0 aliphatic heterocycles. The van der Waals surface area contributed by atoms with Crippen LogP contribution in [-0.2, 0) is 14.3 Å². The molecule has 0 aromatic rings. The number of ketones is 1. The van der Waals surface area contributed by atoms with Crippen molar-refractivity contribution in [2.24, 2.45) is 0 Å². The number of hydrogen-bond acceptors (Lipinski definition) is 3. The fourth-order valence-corrected chi connectivity index (χ4v) is 1.03. The quantitative estimate of drug-likeness (QED) is 0.341. The molecule has 0 rings (SSSR count). The number of ether oxygens (including phenoxy) is 1. The van der Waals surface area contributed by atoms with E-state index in [2.05, 4.69) is 6.58 Å². The largest absolute Gasteiger partial charge is 0.466 e. The molecule has 0 radical (unpaired) electrons. The average molecular weight is 198 g/mol. The summed E-state index contributed by atoms with van der Waals surface area (Å²) >= 11 is 0. The van der Waals surface area contributed by atoms with Crippen LogP contribution in [0.2, 0.25) is 0 Å². The fraction of sp³-hybridized carbons (Fsp3) is 0.636. The Morgan fingerprint density at radius 3 is 2.57 bits per heavy atom. The molecule has 3 nitrogen and oxygen atoms in total. The highest BCUT2D eigenvalue weighted by molar-refractivity contribution is 5.78. The van der Waals surface area contributed by atoms with Crippen molar-refractivity contribution < 1.29 is 14.3 Å². The van der Waals surface area contributed by atoms with Crippen molar-refractivity contribution in [3.05, 3.63) is 12.7 Å². The molecule has 0 amide bonds. The predicted octanol–water partition coefficient (Wildman–Crippen LogP) is 2.26. The van der Waals surface area contributed by atoms with Gasteiger partial charge in [-0.2, -0.15) is 0 Å². The summed E-state index contributed by atoms with van der Waals surface area (Å²) in [7, 11) is 0. The van der Waals surface area contributed by atoms with Crippen molar-refractivity contribution in [3.8, 4) is 0 Å². The van der Waals surface area contributed by atoms with Crippen molar-refractivity contribution >= 4 is 11.8 Å². The first-order valence-corrected chi connectivity index (χ1v) is 4.92. The molecule has 0 heterocycles. The zero-order chi connectivity index (χ0) is 10.8. The number of allylic oxidation sites excluding steroid dienone is 1. The first kappa shape index (κ1) is 12.9. The fourth-order valence-electron chi connectivity index (χ4n) is 1.03. The Bertz CT molecular complexity index is 197. The molecule has 0 fully saturated rings. The maximum atomic E-state index is 11.1. The predicted molar refractivity (Wildman–Crippen MR) is 54.9 cm³/mol. The van der Waals surface area contributed by atoms with E-state index in [1.165, 1.54) is 6.92 Å². The van der Waals surface area contributed by atoms with E-state index in [0.29, 0.717) is 19.4 Å². The zero-order valence-electron chi connectivity index (χ0n) is 8.75. The number of carbonyl (C=O) groups excluding carboxylic acids is 2. The lowest BCUT2D eigenvalue weighted by molar-refractivity contribution is -0.141. The third-order valence-electron chi connectivity index (χ3n) is 1.78. The summed E-state index contributed by atoms with van der Waals surface area (Å²) in [6, 6.07) is 0. The van der Waals surface area contributed by atoms with Gasteiger partial charge in [-0.3, -0.25) is 9.59 Å². The summed E-state index contributed by atoms with van der Waals surface area (Å²) in [6.45, 7) is 5.36. The lowest BCUT2D eigenvalue weighted by Gasteiger charge is -2.01. The van der Waals surface area contributed by atoms with Gasteiger partial charge in [-0.05, 0) is 19.3 Å². The SMILES string of the molecule is C=CCCC(=O)CCCCOC(C)=O. The Labute approximate surface area is 85.1 Å². The first-order chi connectivity index (χ1) is 6.66. The maximum absolute atomic E-state index is 11.1. The van der Waals surface area contributed by atoms with Crippen LogP contribution in [0.4, 0.5) is 0 Å². The van der Waals surface area contributed by atoms with Gasteiger partial charge in [-0.1, -0.05) is 6.08 Å². The molecule has 14 heavy (non-hydrogen) atoms. The van der Waals surface area contributed by atoms with Gasteiger partial charge in [-0.15, -0.1) is 6.58 Å². The maximum Gasteiger partial charge on any atom is 0.302 e. The molecule has 0 bridgehead atoms. The van der Waals surface area contributed by atoms with E-state index in [1.807, 2.05) is 0 Å². The van der Waals surface area contributed by atoms with Crippen LogP contribution in [0.15, 0.2) is 12.7 Å². The van der Waals surface area contributed by atoms with Crippen LogP contribution in [0.25, 0.3) is 0 Å². The molecule has 0 saturated heterocycles. The molecular formula is C11H18O3. The zero-order valence-corrected chi connectivity index (χ0v) is 8.75. The van der Waals surface area contributed by atoms with Crippen molar-refractivity contribution in [2.45, 2.75) is 39.0 Å². The third kappa shape index (κ3) is 8.97. The minimum absolute atomic E-state index is 0.257. The van der Waals surface area contributed by atoms with Gasteiger partial charge in [0.25, 0.3) is 0 Å². The van der Waals surface area contributed by atoms with E-state index < -0.39 is 0 Å². The molecular weight excluding hydrogens is 180 g/mol. The molecule has 0 unspecified atom stereocenters. The smallest absolute Gasteiger partial charge is 0.302 e. The van der Waals surface area contributed by atoms with Crippen molar-refractivity contribution in [2.75, 3.05) is 6.61 Å². The molecule has 0 saturated carbocycles. The van der Waals surface area contributed by atoms with Gasteiger partial charge >= 0.3 is 5.97 Å². The van der Waals surface area contributed by atoms with Crippen molar-refractivity contribution in [1.82, 2.24) is 0 Å². The van der Waals surface area contributed by atoms with Crippen molar-refractivity contribution in [3.63, 3.8) is 0 Å². The second-order valence-electron chi connectivity index (χ2n) is 3.16. The Hall–Kier alpha value is -1.12. The minimum atomic E-state index is -0.261. The summed E-state index contributed by atoms with van der Waals surface area (Å²) < 4.78 is 4.74. The molecule has 0 atom stereocenters. The van der Waals surface area contributed by atoms with Crippen LogP contribution < -0.4 is 0 Å². The summed E-state index contributed by atoms with van der Waals surface area (Å²) in [6.07, 6.45) is 5.22. The van der Waals surface area contributed by atoms with Gasteiger partial charge in [0.1, 0.15) is 5.78 Å². The van der Waals surface area contributed by atoms with E-state index in [0.717, 1.165) is 19.3 Å². The lowest BCUT2D eigenvalue weighted by Crippen LogP contribution is -2.02. The topological polar surface area (TPSA) is 43.4 Å². The highest BCUT2D eigenvalue weighted by atomic mass is 16.5. The van der Waals surface area contributed by atoms with E-state index in [9.17, 15) is 9.59 Å². The number of hydrogen-bond donors (Lipinski definition) is 0. The second-order valence-corrected chi connectivity index (χ2v) is 3.16. The third-order valence-corrected chi connectivity index (χ3v) is 1.78. The monoisotopic (exact) mass is 198 g/mol. The van der Waals surface area contributed by atoms with E-state index in [4.69, 9.17) is 4.74 Å². The molecule has 0 N–H and O–H groups in total. The molecule has 0 aromatic heterocycles. The van der Waals surface area contributed by atoms with Crippen LogP contribution in [0.1, 0.15) is 39.0 Å². The van der Waals surface area contributed by atoms with Crippen molar-refractivity contribution in [1.29, 1.82) is 0 Å². The summed E-state index contributed by atoms with van der Waals surface area (Å²) in [5.74, 6) is -0.00397. The van der Waals surface area contributed by atoms with Crippen LogP contribution in [0.5, 0.6) is 0 Å². The van der Waals surface area contributed by atoms with Crippen LogP contribution in [0.3, 0.4) is 0 Å². The number of unbranched alkanes of at least 4 members (excludes halogenated alkanes) is 1.